The Bertz CT molecular complexity index is 804. The first-order valence-electron chi connectivity index (χ1n) is 9.52. The maximum atomic E-state index is 13.3. The van der Waals surface area contributed by atoms with Crippen LogP contribution < -0.4 is 0 Å². The molecule has 2 fully saturated rings. The van der Waals surface area contributed by atoms with Gasteiger partial charge in [-0.25, -0.2) is 8.42 Å². The van der Waals surface area contributed by atoms with E-state index in [0.717, 1.165) is 47.1 Å². The Hall–Kier alpha value is -1.40. The largest absolute Gasteiger partial charge is 0.340 e. The Balaban J connectivity index is 1.83. The van der Waals surface area contributed by atoms with Crippen molar-refractivity contribution in [3.05, 3.63) is 27.8 Å². The monoisotopic (exact) mass is 378 g/mol. The molecule has 6 heteroatoms. The Morgan fingerprint density at radius 2 is 1.27 bits per heavy atom. The lowest BCUT2D eigenvalue weighted by Gasteiger charge is -2.38. The summed E-state index contributed by atoms with van der Waals surface area (Å²) in [6, 6.07) is 0. The predicted octanol–water partition coefficient (Wildman–Crippen LogP) is 2.86. The molecule has 1 aromatic carbocycles. The highest BCUT2D eigenvalue weighted by Crippen LogP contribution is 2.33. The van der Waals surface area contributed by atoms with Gasteiger partial charge in [-0.2, -0.15) is 4.31 Å². The van der Waals surface area contributed by atoms with Gasteiger partial charge in [0.2, 0.25) is 15.9 Å². The highest BCUT2D eigenvalue weighted by atomic mass is 32.2. The molecule has 1 heterocycles. The SMILES string of the molecule is Cc1c(C)c(C)c(S(=O)(=O)N2CCN(C(=O)C3CCC3)CC2)c(C)c1C. The van der Waals surface area contributed by atoms with Gasteiger partial charge in [0, 0.05) is 32.1 Å². The summed E-state index contributed by atoms with van der Waals surface area (Å²) in [5.41, 5.74) is 4.95. The van der Waals surface area contributed by atoms with Crippen LogP contribution in [-0.2, 0) is 14.8 Å². The maximum absolute atomic E-state index is 13.3. The number of rotatable bonds is 3. The molecule has 0 atom stereocenters. The molecule has 0 bridgehead atoms. The van der Waals surface area contributed by atoms with Crippen LogP contribution in [0.2, 0.25) is 0 Å². The summed E-state index contributed by atoms with van der Waals surface area (Å²) in [7, 11) is -3.55. The molecule has 1 aliphatic heterocycles. The fourth-order valence-corrected chi connectivity index (χ4v) is 6.03. The summed E-state index contributed by atoms with van der Waals surface area (Å²) in [6.45, 7) is 11.6. The van der Waals surface area contributed by atoms with E-state index >= 15 is 0 Å². The van der Waals surface area contributed by atoms with E-state index in [-0.39, 0.29) is 11.8 Å². The summed E-state index contributed by atoms with van der Waals surface area (Å²) < 4.78 is 28.2. The van der Waals surface area contributed by atoms with Gasteiger partial charge in [-0.3, -0.25) is 4.79 Å². The fourth-order valence-electron chi connectivity index (χ4n) is 4.04. The summed E-state index contributed by atoms with van der Waals surface area (Å²) in [6.07, 6.45) is 3.10. The van der Waals surface area contributed by atoms with Gasteiger partial charge in [-0.15, -0.1) is 0 Å². The Labute approximate surface area is 157 Å². The van der Waals surface area contributed by atoms with Gasteiger partial charge in [0.15, 0.2) is 0 Å². The molecular formula is C20H30N2O3S. The Morgan fingerprint density at radius 3 is 1.69 bits per heavy atom. The minimum absolute atomic E-state index is 0.171. The van der Waals surface area contributed by atoms with Crippen molar-refractivity contribution in [1.29, 1.82) is 0 Å². The molecule has 3 rings (SSSR count). The molecule has 1 saturated carbocycles. The van der Waals surface area contributed by atoms with E-state index in [9.17, 15) is 13.2 Å². The number of nitrogens with zero attached hydrogens (tertiary/aromatic N) is 2. The van der Waals surface area contributed by atoms with Crippen LogP contribution in [-0.4, -0.2) is 49.7 Å². The molecule has 1 saturated heterocycles. The zero-order chi connectivity index (χ0) is 19.2. The first-order valence-corrected chi connectivity index (χ1v) is 11.0. The van der Waals surface area contributed by atoms with Gasteiger partial charge in [-0.05, 0) is 75.3 Å². The number of sulfonamides is 1. The molecular weight excluding hydrogens is 348 g/mol. The van der Waals surface area contributed by atoms with Crippen molar-refractivity contribution in [2.24, 2.45) is 5.92 Å². The van der Waals surface area contributed by atoms with Crippen LogP contribution in [0, 0.1) is 40.5 Å². The molecule has 1 aromatic rings. The molecule has 0 aromatic heterocycles. The molecule has 144 valence electrons. The topological polar surface area (TPSA) is 57.7 Å². The van der Waals surface area contributed by atoms with Crippen LogP contribution in [0.5, 0.6) is 0 Å². The molecule has 0 spiro atoms. The number of benzene rings is 1. The van der Waals surface area contributed by atoms with Crippen LogP contribution in [0.3, 0.4) is 0 Å². The fraction of sp³-hybridized carbons (Fsp3) is 0.650. The van der Waals surface area contributed by atoms with Crippen LogP contribution in [0.1, 0.15) is 47.1 Å². The molecule has 5 nitrogen and oxygen atoms in total. The van der Waals surface area contributed by atoms with E-state index < -0.39 is 10.0 Å². The van der Waals surface area contributed by atoms with Gasteiger partial charge in [0.25, 0.3) is 0 Å². The quantitative estimate of drug-likeness (QED) is 0.813. The first-order chi connectivity index (χ1) is 12.2. The lowest BCUT2D eigenvalue weighted by atomic mass is 9.84. The van der Waals surface area contributed by atoms with Crippen LogP contribution in [0.4, 0.5) is 0 Å². The minimum Gasteiger partial charge on any atom is -0.340 e. The van der Waals surface area contributed by atoms with Crippen molar-refractivity contribution < 1.29 is 13.2 Å². The smallest absolute Gasteiger partial charge is 0.243 e. The van der Waals surface area contributed by atoms with Gasteiger partial charge < -0.3 is 4.90 Å². The second-order valence-electron chi connectivity index (χ2n) is 7.81. The van der Waals surface area contributed by atoms with Crippen LogP contribution in [0.25, 0.3) is 0 Å². The van der Waals surface area contributed by atoms with E-state index in [1.54, 1.807) is 4.31 Å². The first kappa shape index (κ1) is 19.4. The number of hydrogen-bond acceptors (Lipinski definition) is 3. The zero-order valence-corrected chi connectivity index (χ0v) is 17.4. The van der Waals surface area contributed by atoms with Gasteiger partial charge >= 0.3 is 0 Å². The maximum Gasteiger partial charge on any atom is 0.243 e. The van der Waals surface area contributed by atoms with E-state index in [2.05, 4.69) is 0 Å². The van der Waals surface area contributed by atoms with Crippen molar-refractivity contribution in [3.63, 3.8) is 0 Å². The normalized spacial score (nSPS) is 19.5. The lowest BCUT2D eigenvalue weighted by molar-refractivity contribution is -0.139. The van der Waals surface area contributed by atoms with Gasteiger partial charge in [0.05, 0.1) is 4.90 Å². The Morgan fingerprint density at radius 1 is 0.808 bits per heavy atom. The summed E-state index contributed by atoms with van der Waals surface area (Å²) in [5, 5.41) is 0. The molecule has 1 amide bonds. The predicted molar refractivity (Wildman–Crippen MR) is 103 cm³/mol. The van der Waals surface area contributed by atoms with Crippen molar-refractivity contribution in [3.8, 4) is 0 Å². The summed E-state index contributed by atoms with van der Waals surface area (Å²) >= 11 is 0. The van der Waals surface area contributed by atoms with Gasteiger partial charge in [-0.1, -0.05) is 6.42 Å². The molecule has 2 aliphatic rings. The van der Waals surface area contributed by atoms with E-state index in [1.807, 2.05) is 39.5 Å². The molecule has 26 heavy (non-hydrogen) atoms. The number of hydrogen-bond donors (Lipinski definition) is 0. The number of carbonyl (C=O) groups excluding carboxylic acids is 1. The number of piperazine rings is 1. The van der Waals surface area contributed by atoms with E-state index in [4.69, 9.17) is 0 Å². The third kappa shape index (κ3) is 3.07. The molecule has 0 radical (unpaired) electrons. The van der Waals surface area contributed by atoms with Crippen molar-refractivity contribution in [2.75, 3.05) is 26.2 Å². The molecule has 0 N–H and O–H groups in total. The third-order valence-corrected chi connectivity index (χ3v) is 8.71. The summed E-state index contributed by atoms with van der Waals surface area (Å²) in [4.78, 5) is 14.7. The van der Waals surface area contributed by atoms with Crippen molar-refractivity contribution in [1.82, 2.24) is 9.21 Å². The van der Waals surface area contributed by atoms with Crippen molar-refractivity contribution in [2.45, 2.75) is 58.8 Å². The second-order valence-corrected chi connectivity index (χ2v) is 9.69. The molecule has 1 aliphatic carbocycles. The lowest BCUT2D eigenvalue weighted by Crippen LogP contribution is -2.52. The van der Waals surface area contributed by atoms with Crippen molar-refractivity contribution >= 4 is 15.9 Å². The Kier molecular flexibility index (Phi) is 5.19. The number of amides is 1. The van der Waals surface area contributed by atoms with E-state index in [1.165, 1.54) is 0 Å². The minimum atomic E-state index is -3.55. The summed E-state index contributed by atoms with van der Waals surface area (Å²) in [5.74, 6) is 0.382. The highest BCUT2D eigenvalue weighted by molar-refractivity contribution is 7.89. The third-order valence-electron chi connectivity index (χ3n) is 6.53. The molecule has 0 unspecified atom stereocenters. The average molecular weight is 379 g/mol. The standard InChI is InChI=1S/C20H30N2O3S/c1-13-14(2)16(4)19(17(5)15(13)3)26(24,25)22-11-9-21(10-12-22)20(23)18-7-6-8-18/h18H,6-12H2,1-5H3. The second kappa shape index (κ2) is 6.97. The highest BCUT2D eigenvalue weighted by Gasteiger charge is 2.36. The van der Waals surface area contributed by atoms with Crippen LogP contribution in [0.15, 0.2) is 4.90 Å². The van der Waals surface area contributed by atoms with Gasteiger partial charge in [0.1, 0.15) is 0 Å². The average Bonchev–Trinajstić information content (AvgIpc) is 2.56. The van der Waals surface area contributed by atoms with E-state index in [0.29, 0.717) is 31.1 Å². The zero-order valence-electron chi connectivity index (χ0n) is 16.6. The number of carbonyl (C=O) groups is 1. The van der Waals surface area contributed by atoms with Crippen LogP contribution >= 0.6 is 0 Å².